The zero-order valence-corrected chi connectivity index (χ0v) is 11.1. The lowest BCUT2D eigenvalue weighted by molar-refractivity contribution is 0.717. The van der Waals surface area contributed by atoms with Gasteiger partial charge in [-0.3, -0.25) is 0 Å². The third kappa shape index (κ3) is 4.44. The lowest BCUT2D eigenvalue weighted by atomic mass is 10.0. The minimum Gasteiger partial charge on any atom is -0.324 e. The van der Waals surface area contributed by atoms with Crippen molar-refractivity contribution < 1.29 is 0 Å². The highest BCUT2D eigenvalue weighted by atomic mass is 127. The summed E-state index contributed by atoms with van der Waals surface area (Å²) in [6.45, 7) is 5.86. The van der Waals surface area contributed by atoms with Crippen LogP contribution < -0.4 is 5.73 Å². The Morgan fingerprint density at radius 3 is 2.36 bits per heavy atom. The molecule has 0 fully saturated rings. The van der Waals surface area contributed by atoms with Crippen molar-refractivity contribution >= 4 is 35.0 Å². The quantitative estimate of drug-likeness (QED) is 0.666. The van der Waals surface area contributed by atoms with Gasteiger partial charge >= 0.3 is 0 Å². The van der Waals surface area contributed by atoms with Gasteiger partial charge in [0.25, 0.3) is 0 Å². The summed E-state index contributed by atoms with van der Waals surface area (Å²) in [5, 5.41) is 0. The summed E-state index contributed by atoms with van der Waals surface area (Å²) in [7, 11) is 0. The first kappa shape index (κ1) is 13.9. The summed E-state index contributed by atoms with van der Waals surface area (Å²) in [5.74, 6) is 0. The zero-order valence-electron chi connectivity index (χ0n) is 8.16. The molecule has 0 spiro atoms. The number of hydrogen-bond acceptors (Lipinski definition) is 1. The molecule has 14 heavy (non-hydrogen) atoms. The molecule has 0 aliphatic heterocycles. The SMILES string of the molecule is C=C(C)C[C@H](N)c1ccc(I)cc1.Cl. The summed E-state index contributed by atoms with van der Waals surface area (Å²) in [6.07, 6.45) is 0.862. The second kappa shape index (κ2) is 6.43. The monoisotopic (exact) mass is 323 g/mol. The third-order valence-corrected chi connectivity index (χ3v) is 2.59. The predicted molar refractivity (Wildman–Crippen MR) is 72.8 cm³/mol. The molecule has 0 radical (unpaired) electrons. The van der Waals surface area contributed by atoms with E-state index in [0.29, 0.717) is 0 Å². The molecule has 0 saturated heterocycles. The summed E-state index contributed by atoms with van der Waals surface area (Å²) >= 11 is 2.29. The molecule has 78 valence electrons. The number of halogens is 2. The van der Waals surface area contributed by atoms with Crippen molar-refractivity contribution in [2.24, 2.45) is 5.73 Å². The van der Waals surface area contributed by atoms with Crippen molar-refractivity contribution in [3.63, 3.8) is 0 Å². The van der Waals surface area contributed by atoms with Crippen LogP contribution in [-0.2, 0) is 0 Å². The van der Waals surface area contributed by atoms with Crippen LogP contribution in [0.15, 0.2) is 36.4 Å². The number of hydrogen-bond donors (Lipinski definition) is 1. The minimum absolute atomic E-state index is 0. The van der Waals surface area contributed by atoms with Crippen molar-refractivity contribution in [2.45, 2.75) is 19.4 Å². The normalized spacial score (nSPS) is 11.6. The topological polar surface area (TPSA) is 26.0 Å². The highest BCUT2D eigenvalue weighted by Gasteiger charge is 2.04. The van der Waals surface area contributed by atoms with Gasteiger partial charge in [-0.05, 0) is 53.6 Å². The molecule has 0 bridgehead atoms. The average molecular weight is 324 g/mol. The van der Waals surface area contributed by atoms with E-state index in [0.717, 1.165) is 12.0 Å². The average Bonchev–Trinajstić information content (AvgIpc) is 2.04. The second-order valence-electron chi connectivity index (χ2n) is 3.32. The van der Waals surface area contributed by atoms with E-state index in [2.05, 4.69) is 53.4 Å². The van der Waals surface area contributed by atoms with Crippen LogP contribution >= 0.6 is 35.0 Å². The molecule has 1 atom stereocenters. The fourth-order valence-corrected chi connectivity index (χ4v) is 1.56. The Balaban J connectivity index is 0.00000169. The first-order valence-corrected chi connectivity index (χ1v) is 5.33. The molecule has 1 aromatic rings. The van der Waals surface area contributed by atoms with Crippen LogP contribution in [0, 0.1) is 3.57 Å². The molecule has 0 unspecified atom stereocenters. The van der Waals surface area contributed by atoms with Crippen LogP contribution in [0.1, 0.15) is 24.9 Å². The van der Waals surface area contributed by atoms with E-state index in [1.807, 2.05) is 6.92 Å². The Bertz CT molecular complexity index is 295. The molecule has 3 heteroatoms. The Kier molecular flexibility index (Phi) is 6.40. The maximum absolute atomic E-state index is 5.98. The van der Waals surface area contributed by atoms with E-state index in [1.165, 1.54) is 9.13 Å². The summed E-state index contributed by atoms with van der Waals surface area (Å²) in [4.78, 5) is 0. The largest absolute Gasteiger partial charge is 0.324 e. The van der Waals surface area contributed by atoms with E-state index >= 15 is 0 Å². The van der Waals surface area contributed by atoms with Gasteiger partial charge in [0.15, 0.2) is 0 Å². The Labute approximate surface area is 105 Å². The van der Waals surface area contributed by atoms with Gasteiger partial charge < -0.3 is 5.73 Å². The lowest BCUT2D eigenvalue weighted by Crippen LogP contribution is -2.10. The molecule has 0 amide bonds. The third-order valence-electron chi connectivity index (χ3n) is 1.87. The maximum Gasteiger partial charge on any atom is 0.0332 e. The first-order valence-electron chi connectivity index (χ1n) is 4.25. The standard InChI is InChI=1S/C11H14IN.ClH/c1-8(2)7-11(13)9-3-5-10(12)6-4-9;/h3-6,11H,1,7,13H2,2H3;1H/t11-;/m0./s1. The van der Waals surface area contributed by atoms with Gasteiger partial charge in [-0.25, -0.2) is 0 Å². The maximum atomic E-state index is 5.98. The number of benzene rings is 1. The van der Waals surface area contributed by atoms with Gasteiger partial charge in [-0.15, -0.1) is 19.0 Å². The van der Waals surface area contributed by atoms with E-state index in [1.54, 1.807) is 0 Å². The molecule has 1 nitrogen and oxygen atoms in total. The van der Waals surface area contributed by atoms with Gasteiger partial charge in [0.2, 0.25) is 0 Å². The molecule has 0 saturated carbocycles. The van der Waals surface area contributed by atoms with Gasteiger partial charge in [0.1, 0.15) is 0 Å². The molecule has 0 aliphatic carbocycles. The number of rotatable bonds is 3. The minimum atomic E-state index is 0. The van der Waals surface area contributed by atoms with Crippen LogP contribution in [0.2, 0.25) is 0 Å². The van der Waals surface area contributed by atoms with Crippen LogP contribution in [0.5, 0.6) is 0 Å². The Morgan fingerprint density at radius 1 is 1.43 bits per heavy atom. The molecule has 0 aromatic heterocycles. The van der Waals surface area contributed by atoms with E-state index in [-0.39, 0.29) is 18.4 Å². The van der Waals surface area contributed by atoms with Crippen LogP contribution in [0.4, 0.5) is 0 Å². The number of nitrogens with two attached hydrogens (primary N) is 1. The molecule has 2 N–H and O–H groups in total. The van der Waals surface area contributed by atoms with Crippen LogP contribution in [0.3, 0.4) is 0 Å². The highest BCUT2D eigenvalue weighted by Crippen LogP contribution is 2.18. The van der Waals surface area contributed by atoms with Crippen molar-refractivity contribution in [2.75, 3.05) is 0 Å². The van der Waals surface area contributed by atoms with Gasteiger partial charge in [-0.2, -0.15) is 0 Å². The smallest absolute Gasteiger partial charge is 0.0332 e. The lowest BCUT2D eigenvalue weighted by Gasteiger charge is -2.11. The molecular formula is C11H15ClIN. The molecule has 0 aliphatic rings. The second-order valence-corrected chi connectivity index (χ2v) is 4.56. The van der Waals surface area contributed by atoms with Crippen molar-refractivity contribution in [3.8, 4) is 0 Å². The van der Waals surface area contributed by atoms with E-state index in [9.17, 15) is 0 Å². The van der Waals surface area contributed by atoms with Gasteiger partial charge in [-0.1, -0.05) is 17.7 Å². The van der Waals surface area contributed by atoms with E-state index in [4.69, 9.17) is 5.73 Å². The van der Waals surface area contributed by atoms with Crippen LogP contribution in [-0.4, -0.2) is 0 Å². The summed E-state index contributed by atoms with van der Waals surface area (Å²) in [6, 6.07) is 8.40. The molecule has 1 aromatic carbocycles. The Morgan fingerprint density at radius 2 is 1.93 bits per heavy atom. The van der Waals surface area contributed by atoms with Crippen molar-refractivity contribution in [1.82, 2.24) is 0 Å². The molecular weight excluding hydrogens is 308 g/mol. The van der Waals surface area contributed by atoms with Gasteiger partial charge in [0, 0.05) is 9.61 Å². The van der Waals surface area contributed by atoms with Gasteiger partial charge in [0.05, 0.1) is 0 Å². The first-order chi connectivity index (χ1) is 6.09. The van der Waals surface area contributed by atoms with Crippen LogP contribution in [0.25, 0.3) is 0 Å². The van der Waals surface area contributed by atoms with E-state index < -0.39 is 0 Å². The summed E-state index contributed by atoms with van der Waals surface area (Å²) in [5.41, 5.74) is 8.30. The fourth-order valence-electron chi connectivity index (χ4n) is 1.20. The zero-order chi connectivity index (χ0) is 9.84. The van der Waals surface area contributed by atoms with Crippen molar-refractivity contribution in [3.05, 3.63) is 45.6 Å². The predicted octanol–water partition coefficient (Wildman–Crippen LogP) is 3.68. The highest BCUT2D eigenvalue weighted by molar-refractivity contribution is 14.1. The summed E-state index contributed by atoms with van der Waals surface area (Å²) < 4.78 is 1.24. The van der Waals surface area contributed by atoms with Crippen molar-refractivity contribution in [1.29, 1.82) is 0 Å². The fraction of sp³-hybridized carbons (Fsp3) is 0.273. The molecule has 1 rings (SSSR count). The Hall–Kier alpha value is -0.0600. The molecule has 0 heterocycles.